The van der Waals surface area contributed by atoms with Gasteiger partial charge in [-0.1, -0.05) is 11.6 Å². The quantitative estimate of drug-likeness (QED) is 0.0904. The van der Waals surface area contributed by atoms with E-state index >= 15 is 0 Å². The number of anilines is 6. The second-order valence-corrected chi connectivity index (χ2v) is 12.8. The van der Waals surface area contributed by atoms with Gasteiger partial charge in [0.15, 0.2) is 5.82 Å². The zero-order chi connectivity index (χ0) is 46.0. The van der Waals surface area contributed by atoms with Gasteiger partial charge in [-0.15, -0.1) is 0 Å². The minimum absolute atomic E-state index is 0.0561. The fourth-order valence-corrected chi connectivity index (χ4v) is 5.18. The third-order valence-electron chi connectivity index (χ3n) is 7.77. The highest BCUT2D eigenvalue weighted by atomic mass is 35.5. The Hall–Kier alpha value is -7.19. The molecule has 18 nitrogen and oxygen atoms in total. The number of oxazole rings is 1. The molecule has 1 atom stereocenters. The molecular weight excluding hydrogens is 883 g/mol. The maximum Gasteiger partial charge on any atom is 0.490 e. The van der Waals surface area contributed by atoms with Crippen LogP contribution in [0.5, 0.6) is 0 Å². The summed E-state index contributed by atoms with van der Waals surface area (Å²) >= 11 is 6.37. The van der Waals surface area contributed by atoms with Crippen LogP contribution in [0.25, 0.3) is 11.2 Å². The number of hydrogen-bond donors (Lipinski definition) is 7. The van der Waals surface area contributed by atoms with Crippen LogP contribution < -0.4 is 26.2 Å². The van der Waals surface area contributed by atoms with Gasteiger partial charge in [0.05, 0.1) is 18.1 Å². The number of urea groups is 1. The Morgan fingerprint density at radius 1 is 0.806 bits per heavy atom. The summed E-state index contributed by atoms with van der Waals surface area (Å²) in [5.74, 6) is -7.39. The molecule has 5 aromatic rings. The van der Waals surface area contributed by atoms with E-state index in [-0.39, 0.29) is 12.1 Å². The summed E-state index contributed by atoms with van der Waals surface area (Å²) < 4.78 is 101. The van der Waals surface area contributed by atoms with Gasteiger partial charge in [-0.25, -0.2) is 29.1 Å². The molecule has 2 amide bonds. The molecule has 1 fully saturated rings. The lowest BCUT2D eigenvalue weighted by Crippen LogP contribution is -2.40. The number of nitrogens with zero attached hydrogens (tertiary/aromatic N) is 6. The van der Waals surface area contributed by atoms with E-state index in [4.69, 9.17) is 45.7 Å². The molecule has 2 aliphatic rings. The Morgan fingerprint density at radius 2 is 1.45 bits per heavy atom. The summed E-state index contributed by atoms with van der Waals surface area (Å²) in [7, 11) is 0. The van der Waals surface area contributed by atoms with Crippen molar-refractivity contribution in [1.82, 2.24) is 30.2 Å². The van der Waals surface area contributed by atoms with Crippen molar-refractivity contribution >= 4 is 81.6 Å². The topological polar surface area (TPSA) is 258 Å². The summed E-state index contributed by atoms with van der Waals surface area (Å²) in [4.78, 5) is 63.7. The number of carboxylic acids is 3. The van der Waals surface area contributed by atoms with Gasteiger partial charge < -0.3 is 45.9 Å². The molecule has 2 aliphatic heterocycles. The number of nitrogens with one attached hydrogen (secondary N) is 4. The predicted molar refractivity (Wildman–Crippen MR) is 197 cm³/mol. The van der Waals surface area contributed by atoms with E-state index < -0.39 is 36.4 Å². The molecule has 332 valence electrons. The predicted octanol–water partition coefficient (Wildman–Crippen LogP) is 6.95. The first kappa shape index (κ1) is 47.5. The van der Waals surface area contributed by atoms with Gasteiger partial charge in [-0.3, -0.25) is 4.98 Å². The Bertz CT molecular complexity index is 2310. The molecule has 6 heterocycles. The number of alkyl halides is 9. The number of fused-ring (bicyclic) bond motifs is 7. The fourth-order valence-electron chi connectivity index (χ4n) is 5.04. The third kappa shape index (κ3) is 14.2. The number of pyridine rings is 2. The van der Waals surface area contributed by atoms with Crippen LogP contribution in [0.2, 0.25) is 5.02 Å². The van der Waals surface area contributed by atoms with E-state index in [2.05, 4.69) is 46.2 Å². The average Bonchev–Trinajstić information content (AvgIpc) is 3.83. The normalized spacial score (nSPS) is 14.5. The number of amides is 2. The fraction of sp³-hybridized carbons (Fsp3) is 0.265. The minimum atomic E-state index is -5.08. The van der Waals surface area contributed by atoms with Crippen LogP contribution >= 0.6 is 11.6 Å². The zero-order valence-corrected chi connectivity index (χ0v) is 31.5. The second-order valence-electron chi connectivity index (χ2n) is 12.4. The first-order chi connectivity index (χ1) is 28.9. The van der Waals surface area contributed by atoms with Crippen molar-refractivity contribution in [2.45, 2.75) is 43.8 Å². The number of benzene rings is 1. The first-order valence-electron chi connectivity index (χ1n) is 17.0. The summed E-state index contributed by atoms with van der Waals surface area (Å²) in [6, 6.07) is 11.6. The molecule has 28 heteroatoms. The SMILES string of the molecule is O=C(Nc1ccc2cc1CCc1cncc(c1)Nc1ncc(Cl)c(n1)N2)N[C@H]1CCN(c2nc3cccnc3o2)C1.O=C(O)C(F)(F)F.O=C(O)C(F)(F)F.O=C(O)C(F)(F)F. The number of rotatable bonds is 3. The zero-order valence-electron chi connectivity index (χ0n) is 30.7. The van der Waals surface area contributed by atoms with Crippen LogP contribution in [0, 0.1) is 0 Å². The van der Waals surface area contributed by atoms with Crippen LogP contribution in [0.1, 0.15) is 17.5 Å². The summed E-state index contributed by atoms with van der Waals surface area (Å²) in [5, 5.41) is 34.4. The lowest BCUT2D eigenvalue weighted by molar-refractivity contribution is -0.193. The number of halogens is 10. The molecule has 4 aromatic heterocycles. The molecule has 7 rings (SSSR count). The lowest BCUT2D eigenvalue weighted by atomic mass is 10.0. The molecular formula is C34H28ClF9N10O8. The standard InChI is InChI=1S/C28H25ClN10O2.3C2HF3O2/c29-21-14-32-26-34-20-10-16(12-30-13-20)3-4-17-11-18(33-24(21)38-26)5-6-22(17)36-27(40)35-19-7-9-39(15-19)28-37-23-2-1-8-31-25(23)41-28;3*3-2(4,5)1(6)7/h1-2,5-6,8,10-14,19H,3-4,7,9,15H2,(H2,35,36,40)(H2,32,33,34,38);3*(H,6,7)/t19-;;;/m0.../s1. The van der Waals surface area contributed by atoms with Crippen LogP contribution in [0.3, 0.4) is 0 Å². The molecule has 0 radical (unpaired) electrons. The number of carbonyl (C=O) groups excluding carboxylic acids is 1. The molecule has 1 aromatic carbocycles. The molecule has 6 bridgehead atoms. The van der Waals surface area contributed by atoms with Crippen LogP contribution in [-0.2, 0) is 27.2 Å². The van der Waals surface area contributed by atoms with Crippen molar-refractivity contribution in [3.05, 3.63) is 77.3 Å². The van der Waals surface area contributed by atoms with E-state index in [1.807, 2.05) is 47.5 Å². The summed E-state index contributed by atoms with van der Waals surface area (Å²) in [5.41, 5.74) is 5.51. The highest BCUT2D eigenvalue weighted by Crippen LogP contribution is 2.30. The molecule has 0 aliphatic carbocycles. The Kier molecular flexibility index (Phi) is 15.3. The second kappa shape index (κ2) is 19.9. The number of carboxylic acid groups (broad SMARTS) is 3. The monoisotopic (exact) mass is 910 g/mol. The molecule has 7 N–H and O–H groups in total. The molecule has 0 unspecified atom stereocenters. The Labute approximate surface area is 345 Å². The van der Waals surface area contributed by atoms with Crippen molar-refractivity contribution < 1.29 is 78.4 Å². The maximum atomic E-state index is 13.1. The van der Waals surface area contributed by atoms with Gasteiger partial charge in [0.25, 0.3) is 6.01 Å². The van der Waals surface area contributed by atoms with E-state index in [9.17, 15) is 44.3 Å². The van der Waals surface area contributed by atoms with E-state index in [1.165, 1.54) is 0 Å². The van der Waals surface area contributed by atoms with E-state index in [1.54, 1.807) is 18.6 Å². The number of aryl methyl sites for hydroxylation is 2. The van der Waals surface area contributed by atoms with E-state index in [0.29, 0.717) is 47.0 Å². The number of aromatic nitrogens is 5. The van der Waals surface area contributed by atoms with Crippen LogP contribution in [0.4, 0.5) is 79.2 Å². The number of carbonyl (C=O) groups is 4. The maximum absolute atomic E-state index is 13.1. The third-order valence-corrected chi connectivity index (χ3v) is 8.05. The smallest absolute Gasteiger partial charge is 0.475 e. The molecule has 1 saturated heterocycles. The van der Waals surface area contributed by atoms with Gasteiger partial charge in [0.2, 0.25) is 11.7 Å². The molecule has 0 saturated carbocycles. The lowest BCUT2D eigenvalue weighted by Gasteiger charge is -2.17. The van der Waals surface area contributed by atoms with Gasteiger partial charge in [0, 0.05) is 42.9 Å². The Morgan fingerprint density at radius 3 is 2.06 bits per heavy atom. The number of hydrogen-bond acceptors (Lipinski definition) is 13. The van der Waals surface area contributed by atoms with Gasteiger partial charge in [0.1, 0.15) is 10.5 Å². The largest absolute Gasteiger partial charge is 0.490 e. The van der Waals surface area contributed by atoms with Crippen molar-refractivity contribution in [3.63, 3.8) is 0 Å². The van der Waals surface area contributed by atoms with Crippen molar-refractivity contribution in [3.8, 4) is 0 Å². The highest BCUT2D eigenvalue weighted by molar-refractivity contribution is 6.32. The van der Waals surface area contributed by atoms with Crippen molar-refractivity contribution in [1.29, 1.82) is 0 Å². The van der Waals surface area contributed by atoms with Gasteiger partial charge in [-0.05, 0) is 66.8 Å². The van der Waals surface area contributed by atoms with Crippen molar-refractivity contribution in [2.75, 3.05) is 33.9 Å². The van der Waals surface area contributed by atoms with Gasteiger partial charge in [-0.2, -0.15) is 49.5 Å². The molecule has 0 spiro atoms. The van der Waals surface area contributed by atoms with Crippen LogP contribution in [0.15, 0.2) is 65.6 Å². The van der Waals surface area contributed by atoms with Crippen molar-refractivity contribution in [2.24, 2.45) is 0 Å². The van der Waals surface area contributed by atoms with E-state index in [0.717, 1.165) is 47.6 Å². The molecule has 62 heavy (non-hydrogen) atoms. The average molecular weight is 911 g/mol. The highest BCUT2D eigenvalue weighted by Gasteiger charge is 2.39. The number of aliphatic carboxylic acids is 3. The van der Waals surface area contributed by atoms with Gasteiger partial charge >= 0.3 is 42.5 Å². The summed E-state index contributed by atoms with van der Waals surface area (Å²) in [6.45, 7) is 1.31. The summed E-state index contributed by atoms with van der Waals surface area (Å²) in [6.07, 6.45) is -6.31. The minimum Gasteiger partial charge on any atom is -0.475 e. The first-order valence-corrected chi connectivity index (χ1v) is 17.3. The Balaban J connectivity index is 0.000000333. The van der Waals surface area contributed by atoms with Crippen LogP contribution in [-0.4, -0.2) is 102 Å².